The standard InChI is InChI=1S/C13H19NO2/c1-13(2,3)9-14-8-10-6-4-5-7-11(10)12(15)16/h4-7,14H,8-9H2,1-3H3,(H,15,16). The second kappa shape index (κ2) is 5.12. The molecule has 3 nitrogen and oxygen atoms in total. The highest BCUT2D eigenvalue weighted by Crippen LogP contribution is 2.12. The quantitative estimate of drug-likeness (QED) is 0.821. The highest BCUT2D eigenvalue weighted by molar-refractivity contribution is 5.89. The first kappa shape index (κ1) is 12.7. The molecule has 0 radical (unpaired) electrons. The minimum Gasteiger partial charge on any atom is -0.478 e. The Morgan fingerprint density at radius 3 is 2.50 bits per heavy atom. The van der Waals surface area contributed by atoms with Crippen LogP contribution in [0.25, 0.3) is 0 Å². The van der Waals surface area contributed by atoms with Crippen molar-refractivity contribution in [1.29, 1.82) is 0 Å². The Balaban J connectivity index is 2.64. The number of carbonyl (C=O) groups is 1. The Labute approximate surface area is 96.5 Å². The molecule has 2 N–H and O–H groups in total. The van der Waals surface area contributed by atoms with E-state index in [1.165, 1.54) is 0 Å². The molecule has 0 aliphatic heterocycles. The first-order valence-corrected chi connectivity index (χ1v) is 5.42. The Morgan fingerprint density at radius 2 is 1.94 bits per heavy atom. The molecular formula is C13H19NO2. The SMILES string of the molecule is CC(C)(C)CNCc1ccccc1C(=O)O. The largest absolute Gasteiger partial charge is 0.478 e. The number of benzene rings is 1. The van der Waals surface area contributed by atoms with E-state index in [4.69, 9.17) is 5.11 Å². The fourth-order valence-corrected chi connectivity index (χ4v) is 1.46. The summed E-state index contributed by atoms with van der Waals surface area (Å²) < 4.78 is 0. The monoisotopic (exact) mass is 221 g/mol. The van der Waals surface area contributed by atoms with E-state index in [1.807, 2.05) is 12.1 Å². The van der Waals surface area contributed by atoms with Crippen LogP contribution in [0.2, 0.25) is 0 Å². The van der Waals surface area contributed by atoms with Crippen LogP contribution in [0.5, 0.6) is 0 Å². The van der Waals surface area contributed by atoms with Gasteiger partial charge in [0.05, 0.1) is 5.56 Å². The molecular weight excluding hydrogens is 202 g/mol. The molecule has 0 spiro atoms. The fraction of sp³-hybridized carbons (Fsp3) is 0.462. The van der Waals surface area contributed by atoms with Crippen LogP contribution < -0.4 is 5.32 Å². The lowest BCUT2D eigenvalue weighted by Crippen LogP contribution is -2.27. The van der Waals surface area contributed by atoms with Crippen molar-refractivity contribution in [3.05, 3.63) is 35.4 Å². The van der Waals surface area contributed by atoms with Gasteiger partial charge in [0, 0.05) is 13.1 Å². The summed E-state index contributed by atoms with van der Waals surface area (Å²) in [5, 5.41) is 12.3. The third kappa shape index (κ3) is 4.03. The maximum absolute atomic E-state index is 11.0. The van der Waals surface area contributed by atoms with E-state index in [9.17, 15) is 4.79 Å². The van der Waals surface area contributed by atoms with Gasteiger partial charge in [0.1, 0.15) is 0 Å². The molecule has 0 unspecified atom stereocenters. The maximum atomic E-state index is 11.0. The molecule has 0 saturated heterocycles. The zero-order chi connectivity index (χ0) is 12.2. The lowest BCUT2D eigenvalue weighted by molar-refractivity contribution is 0.0695. The molecule has 0 aliphatic carbocycles. The molecule has 88 valence electrons. The van der Waals surface area contributed by atoms with Gasteiger partial charge in [0.2, 0.25) is 0 Å². The van der Waals surface area contributed by atoms with Crippen molar-refractivity contribution in [2.24, 2.45) is 5.41 Å². The van der Waals surface area contributed by atoms with Crippen molar-refractivity contribution < 1.29 is 9.90 Å². The van der Waals surface area contributed by atoms with Crippen LogP contribution >= 0.6 is 0 Å². The topological polar surface area (TPSA) is 49.3 Å². The van der Waals surface area contributed by atoms with E-state index in [0.29, 0.717) is 12.1 Å². The minimum absolute atomic E-state index is 0.207. The molecule has 1 aromatic carbocycles. The average molecular weight is 221 g/mol. The summed E-state index contributed by atoms with van der Waals surface area (Å²) in [5.41, 5.74) is 1.42. The number of carboxylic acid groups (broad SMARTS) is 1. The van der Waals surface area contributed by atoms with Crippen LogP contribution in [0.3, 0.4) is 0 Å². The number of aromatic carboxylic acids is 1. The molecule has 0 amide bonds. The molecule has 1 rings (SSSR count). The van der Waals surface area contributed by atoms with Gasteiger partial charge in [-0.15, -0.1) is 0 Å². The average Bonchev–Trinajstić information content (AvgIpc) is 2.16. The smallest absolute Gasteiger partial charge is 0.336 e. The fourth-order valence-electron chi connectivity index (χ4n) is 1.46. The molecule has 0 aliphatic rings. The predicted octanol–water partition coefficient (Wildman–Crippen LogP) is 2.52. The third-order valence-electron chi connectivity index (χ3n) is 2.22. The second-order valence-corrected chi connectivity index (χ2v) is 5.13. The van der Waals surface area contributed by atoms with Crippen LogP contribution in [-0.4, -0.2) is 17.6 Å². The van der Waals surface area contributed by atoms with Crippen LogP contribution in [-0.2, 0) is 6.54 Å². The van der Waals surface area contributed by atoms with Crippen molar-refractivity contribution in [2.75, 3.05) is 6.54 Å². The zero-order valence-corrected chi connectivity index (χ0v) is 10.1. The van der Waals surface area contributed by atoms with Gasteiger partial charge in [0.25, 0.3) is 0 Å². The third-order valence-corrected chi connectivity index (χ3v) is 2.22. The van der Waals surface area contributed by atoms with Gasteiger partial charge in [-0.3, -0.25) is 0 Å². The zero-order valence-electron chi connectivity index (χ0n) is 10.1. The predicted molar refractivity (Wildman–Crippen MR) is 64.6 cm³/mol. The maximum Gasteiger partial charge on any atom is 0.336 e. The number of nitrogens with one attached hydrogen (secondary N) is 1. The van der Waals surface area contributed by atoms with Gasteiger partial charge >= 0.3 is 5.97 Å². The highest BCUT2D eigenvalue weighted by Gasteiger charge is 2.11. The van der Waals surface area contributed by atoms with E-state index in [2.05, 4.69) is 26.1 Å². The summed E-state index contributed by atoms with van der Waals surface area (Å²) in [6.07, 6.45) is 0. The van der Waals surface area contributed by atoms with Crippen LogP contribution in [0.4, 0.5) is 0 Å². The number of hydrogen-bond acceptors (Lipinski definition) is 2. The molecule has 0 heterocycles. The van der Waals surface area contributed by atoms with Gasteiger partial charge in [-0.25, -0.2) is 4.79 Å². The van der Waals surface area contributed by atoms with Crippen LogP contribution in [0.15, 0.2) is 24.3 Å². The highest BCUT2D eigenvalue weighted by atomic mass is 16.4. The second-order valence-electron chi connectivity index (χ2n) is 5.13. The van der Waals surface area contributed by atoms with E-state index >= 15 is 0 Å². The van der Waals surface area contributed by atoms with Gasteiger partial charge in [0.15, 0.2) is 0 Å². The first-order valence-electron chi connectivity index (χ1n) is 5.42. The summed E-state index contributed by atoms with van der Waals surface area (Å²) in [6, 6.07) is 7.09. The van der Waals surface area contributed by atoms with Gasteiger partial charge in [-0.1, -0.05) is 39.0 Å². The molecule has 3 heteroatoms. The Kier molecular flexibility index (Phi) is 4.07. The van der Waals surface area contributed by atoms with E-state index in [0.717, 1.165) is 12.1 Å². The van der Waals surface area contributed by atoms with E-state index in [1.54, 1.807) is 12.1 Å². The summed E-state index contributed by atoms with van der Waals surface area (Å²) in [5.74, 6) is -0.867. The summed E-state index contributed by atoms with van der Waals surface area (Å²) in [6.45, 7) is 7.88. The number of rotatable bonds is 4. The van der Waals surface area contributed by atoms with Gasteiger partial charge in [-0.05, 0) is 17.0 Å². The van der Waals surface area contributed by atoms with Crippen molar-refractivity contribution in [3.8, 4) is 0 Å². The van der Waals surface area contributed by atoms with Crippen molar-refractivity contribution in [3.63, 3.8) is 0 Å². The van der Waals surface area contributed by atoms with E-state index in [-0.39, 0.29) is 5.41 Å². The van der Waals surface area contributed by atoms with Crippen molar-refractivity contribution in [2.45, 2.75) is 27.3 Å². The molecule has 0 saturated carbocycles. The number of carboxylic acids is 1. The first-order chi connectivity index (χ1) is 7.40. The Hall–Kier alpha value is -1.35. The summed E-state index contributed by atoms with van der Waals surface area (Å²) in [4.78, 5) is 11.0. The molecule has 0 atom stereocenters. The van der Waals surface area contributed by atoms with Crippen LogP contribution in [0, 0.1) is 5.41 Å². The van der Waals surface area contributed by atoms with Crippen LogP contribution in [0.1, 0.15) is 36.7 Å². The molecule has 16 heavy (non-hydrogen) atoms. The normalized spacial score (nSPS) is 11.4. The van der Waals surface area contributed by atoms with Crippen molar-refractivity contribution in [1.82, 2.24) is 5.32 Å². The molecule has 1 aromatic rings. The Morgan fingerprint density at radius 1 is 1.31 bits per heavy atom. The Bertz CT molecular complexity index is 366. The molecule has 0 bridgehead atoms. The summed E-state index contributed by atoms with van der Waals surface area (Å²) >= 11 is 0. The van der Waals surface area contributed by atoms with Gasteiger partial charge < -0.3 is 10.4 Å². The minimum atomic E-state index is -0.867. The van der Waals surface area contributed by atoms with Crippen molar-refractivity contribution >= 4 is 5.97 Å². The lowest BCUT2D eigenvalue weighted by atomic mass is 9.97. The lowest BCUT2D eigenvalue weighted by Gasteiger charge is -2.19. The number of hydrogen-bond donors (Lipinski definition) is 2. The summed E-state index contributed by atoms with van der Waals surface area (Å²) in [7, 11) is 0. The van der Waals surface area contributed by atoms with Gasteiger partial charge in [-0.2, -0.15) is 0 Å². The van der Waals surface area contributed by atoms with E-state index < -0.39 is 5.97 Å². The molecule has 0 fully saturated rings. The molecule has 0 aromatic heterocycles.